The van der Waals surface area contributed by atoms with Crippen LogP contribution in [0.4, 0.5) is 11.4 Å². The summed E-state index contributed by atoms with van der Waals surface area (Å²) in [5, 5.41) is 20.5. The third-order valence-electron chi connectivity index (χ3n) is 4.12. The molecule has 0 aliphatic carbocycles. The normalized spacial score (nSPS) is 11.8. The maximum absolute atomic E-state index is 11.7. The van der Waals surface area contributed by atoms with Gasteiger partial charge in [0, 0.05) is 17.0 Å². The fourth-order valence-corrected chi connectivity index (χ4v) is 3.58. The number of hydrogen-bond acceptors (Lipinski definition) is 6. The number of benzene rings is 3. The quantitative estimate of drug-likeness (QED) is 0.304. The van der Waals surface area contributed by atoms with Gasteiger partial charge in [-0.15, -0.1) is 10.2 Å². The Balaban J connectivity index is 0.00000225. The van der Waals surface area contributed by atoms with Gasteiger partial charge in [-0.3, -0.25) is 9.54 Å². The molecule has 136 valence electrons. The molecule has 2 N–H and O–H groups in total. The molecule has 0 bridgehead atoms. The van der Waals surface area contributed by atoms with Crippen molar-refractivity contribution >= 4 is 72.7 Å². The number of hydrogen-bond donors (Lipinski definition) is 2. The van der Waals surface area contributed by atoms with Crippen LogP contribution in [0.2, 0.25) is 0 Å². The Labute approximate surface area is 182 Å². The van der Waals surface area contributed by atoms with E-state index in [0.29, 0.717) is 5.69 Å². The van der Waals surface area contributed by atoms with Crippen molar-refractivity contribution in [1.82, 2.24) is 4.98 Å². The van der Waals surface area contributed by atoms with Gasteiger partial charge in [0.2, 0.25) is 0 Å². The number of nitrogens with zero attached hydrogens (tertiary/aromatic N) is 3. The number of azo groups is 1. The van der Waals surface area contributed by atoms with Crippen LogP contribution in [0.1, 0.15) is 0 Å². The van der Waals surface area contributed by atoms with Gasteiger partial charge in [-0.25, -0.2) is 0 Å². The van der Waals surface area contributed by atoms with Crippen LogP contribution in [0, 0.1) is 0 Å². The second-order valence-corrected chi connectivity index (χ2v) is 7.21. The summed E-state index contributed by atoms with van der Waals surface area (Å²) in [5.41, 5.74) is 0.461. The van der Waals surface area contributed by atoms with Crippen LogP contribution in [-0.4, -0.2) is 52.6 Å². The zero-order chi connectivity index (χ0) is 19.0. The zero-order valence-corrected chi connectivity index (χ0v) is 14.6. The molecule has 3 aromatic carbocycles. The SMILES string of the molecule is O=S(=O)(O)c1cc(N=Nc2cccc3ccccc23)c(O)c2ncccc12.[NaH]. The van der Waals surface area contributed by atoms with Gasteiger partial charge < -0.3 is 5.11 Å². The Morgan fingerprint density at radius 1 is 0.857 bits per heavy atom. The molecule has 0 saturated carbocycles. The number of fused-ring (bicyclic) bond motifs is 2. The van der Waals surface area contributed by atoms with Crippen LogP contribution in [0.3, 0.4) is 0 Å². The van der Waals surface area contributed by atoms with Gasteiger partial charge >= 0.3 is 29.6 Å². The average molecular weight is 403 g/mol. The third kappa shape index (κ3) is 3.78. The molecule has 28 heavy (non-hydrogen) atoms. The molecule has 0 spiro atoms. The minimum absolute atomic E-state index is 0. The van der Waals surface area contributed by atoms with Crippen molar-refractivity contribution in [3.05, 3.63) is 66.9 Å². The second kappa shape index (κ2) is 7.94. The van der Waals surface area contributed by atoms with E-state index in [2.05, 4.69) is 15.2 Å². The Morgan fingerprint density at radius 3 is 2.32 bits per heavy atom. The zero-order valence-electron chi connectivity index (χ0n) is 13.8. The van der Waals surface area contributed by atoms with E-state index in [-0.39, 0.29) is 51.9 Å². The van der Waals surface area contributed by atoms with Gasteiger partial charge in [0.1, 0.15) is 16.1 Å². The molecule has 4 aromatic rings. The Bertz CT molecular complexity index is 1320. The standard InChI is InChI=1S/C19H13N3O4S.Na.H/c23-19-16(11-17(27(24,25)26)14-8-4-10-20-18(14)19)22-21-15-9-3-6-12-5-1-2-7-13(12)15;;/h1-11,23H,(H,24,25,26);;. The summed E-state index contributed by atoms with van der Waals surface area (Å²) in [6.45, 7) is 0. The van der Waals surface area contributed by atoms with Crippen LogP contribution in [0.25, 0.3) is 21.7 Å². The van der Waals surface area contributed by atoms with E-state index in [1.807, 2.05) is 36.4 Å². The summed E-state index contributed by atoms with van der Waals surface area (Å²) < 4.78 is 33.0. The monoisotopic (exact) mass is 403 g/mol. The number of aromatic hydroxyl groups is 1. The van der Waals surface area contributed by atoms with Crippen molar-refractivity contribution < 1.29 is 18.1 Å². The van der Waals surface area contributed by atoms with Crippen LogP contribution in [-0.2, 0) is 10.1 Å². The van der Waals surface area contributed by atoms with Crippen molar-refractivity contribution in [3.8, 4) is 5.75 Å². The van der Waals surface area contributed by atoms with Crippen LogP contribution >= 0.6 is 0 Å². The average Bonchev–Trinajstić information content (AvgIpc) is 2.66. The van der Waals surface area contributed by atoms with Crippen molar-refractivity contribution in [2.24, 2.45) is 10.2 Å². The van der Waals surface area contributed by atoms with E-state index < -0.39 is 15.0 Å². The molecule has 9 heteroatoms. The van der Waals surface area contributed by atoms with Gasteiger partial charge in [0.25, 0.3) is 10.1 Å². The Kier molecular flexibility index (Phi) is 5.78. The molecule has 4 rings (SSSR count). The first-order chi connectivity index (χ1) is 12.9. The van der Waals surface area contributed by atoms with E-state index in [0.717, 1.165) is 16.8 Å². The van der Waals surface area contributed by atoms with Gasteiger partial charge in [-0.1, -0.05) is 36.4 Å². The van der Waals surface area contributed by atoms with E-state index in [1.165, 1.54) is 18.3 Å². The van der Waals surface area contributed by atoms with Gasteiger partial charge in [0.15, 0.2) is 5.75 Å². The van der Waals surface area contributed by atoms with Crippen LogP contribution < -0.4 is 0 Å². The first-order valence-corrected chi connectivity index (χ1v) is 9.37. The predicted octanol–water partition coefficient (Wildman–Crippen LogP) is 4.11. The molecule has 0 amide bonds. The van der Waals surface area contributed by atoms with E-state index in [1.54, 1.807) is 6.07 Å². The number of phenolic OH excluding ortho intramolecular Hbond substituents is 1. The van der Waals surface area contributed by atoms with Crippen molar-refractivity contribution in [1.29, 1.82) is 0 Å². The first kappa shape index (κ1) is 20.4. The summed E-state index contributed by atoms with van der Waals surface area (Å²) in [7, 11) is -4.54. The molecule has 0 fully saturated rings. The molecule has 0 atom stereocenters. The second-order valence-electron chi connectivity index (χ2n) is 5.82. The molecular formula is C19H14N3NaO4S. The number of phenols is 1. The Hall–Kier alpha value is -2.36. The molecule has 0 aliphatic heterocycles. The summed E-state index contributed by atoms with van der Waals surface area (Å²) in [5.74, 6) is -0.318. The summed E-state index contributed by atoms with van der Waals surface area (Å²) in [4.78, 5) is 3.60. The fourth-order valence-electron chi connectivity index (χ4n) is 2.88. The van der Waals surface area contributed by atoms with Gasteiger partial charge in [-0.05, 0) is 29.7 Å². The molecule has 0 saturated heterocycles. The summed E-state index contributed by atoms with van der Waals surface area (Å²) >= 11 is 0. The predicted molar refractivity (Wildman–Crippen MR) is 108 cm³/mol. The molecule has 0 radical (unpaired) electrons. The van der Waals surface area contributed by atoms with E-state index in [4.69, 9.17) is 0 Å². The van der Waals surface area contributed by atoms with Crippen molar-refractivity contribution in [2.45, 2.75) is 4.90 Å². The number of rotatable bonds is 3. The third-order valence-corrected chi connectivity index (χ3v) is 5.01. The molecule has 1 aromatic heterocycles. The minimum atomic E-state index is -4.54. The fraction of sp³-hybridized carbons (Fsp3) is 0. The first-order valence-electron chi connectivity index (χ1n) is 7.93. The number of aromatic nitrogens is 1. The Morgan fingerprint density at radius 2 is 1.54 bits per heavy atom. The van der Waals surface area contributed by atoms with Gasteiger partial charge in [-0.2, -0.15) is 8.42 Å². The van der Waals surface area contributed by atoms with Gasteiger partial charge in [0.05, 0.1) is 5.69 Å². The van der Waals surface area contributed by atoms with Crippen LogP contribution in [0.15, 0.2) is 82.0 Å². The molecule has 0 aliphatic rings. The topological polar surface area (TPSA) is 112 Å². The maximum atomic E-state index is 11.7. The van der Waals surface area contributed by atoms with Crippen molar-refractivity contribution in [3.63, 3.8) is 0 Å². The molecule has 7 nitrogen and oxygen atoms in total. The summed E-state index contributed by atoms with van der Waals surface area (Å²) in [6.07, 6.45) is 1.40. The van der Waals surface area contributed by atoms with E-state index in [9.17, 15) is 18.1 Å². The molecule has 1 heterocycles. The van der Waals surface area contributed by atoms with Crippen molar-refractivity contribution in [2.75, 3.05) is 0 Å². The molecule has 0 unspecified atom stereocenters. The van der Waals surface area contributed by atoms with E-state index >= 15 is 0 Å². The summed E-state index contributed by atoms with van der Waals surface area (Å²) in [6, 6.07) is 17.1. The molecular weight excluding hydrogens is 389 g/mol. The van der Waals surface area contributed by atoms with Crippen LogP contribution in [0.5, 0.6) is 5.75 Å². The number of pyridine rings is 1.